The van der Waals surface area contributed by atoms with Gasteiger partial charge >= 0.3 is 18.5 Å². The molecule has 144 valence electrons. The van der Waals surface area contributed by atoms with Crippen LogP contribution in [0.1, 0.15) is 37.5 Å². The zero-order chi connectivity index (χ0) is 20.1. The Labute approximate surface area is 139 Å². The summed E-state index contributed by atoms with van der Waals surface area (Å²) in [6.45, 7) is 3.00. The van der Waals surface area contributed by atoms with Crippen LogP contribution in [0.25, 0.3) is 0 Å². The Hall–Kier alpha value is -1.41. The van der Waals surface area contributed by atoms with Crippen molar-refractivity contribution < 1.29 is 39.5 Å². The van der Waals surface area contributed by atoms with Crippen LogP contribution in [-0.4, -0.2) is 18.5 Å². The Bertz CT molecular complexity index is 604. The van der Waals surface area contributed by atoms with Gasteiger partial charge in [-0.25, -0.2) is 0 Å². The van der Waals surface area contributed by atoms with Crippen LogP contribution in [0.5, 0.6) is 0 Å². The lowest BCUT2D eigenvalue weighted by molar-refractivity contribution is -0.297. The monoisotopic (exact) mass is 380 g/mol. The topological polar surface area (TPSA) is 0 Å². The highest BCUT2D eigenvalue weighted by Crippen LogP contribution is 2.52. The molecule has 0 spiro atoms. The minimum Gasteiger partial charge on any atom is -0.171 e. The van der Waals surface area contributed by atoms with E-state index in [1.807, 2.05) is 0 Å². The molecule has 0 saturated carbocycles. The van der Waals surface area contributed by atoms with Gasteiger partial charge in [0.15, 0.2) is 5.41 Å². The molecule has 0 bridgehead atoms. The molecule has 0 unspecified atom stereocenters. The number of hydrogen-bond donors (Lipinski definition) is 0. The SMILES string of the molecule is Cc1ccc(C(C)(C(F)(F)F)C(F)(F)F)cc1CC(C)(C)C(F)(F)F. The van der Waals surface area contributed by atoms with Crippen molar-refractivity contribution in [3.63, 3.8) is 0 Å². The minimum absolute atomic E-state index is 0.0175. The molecule has 1 aromatic carbocycles. The van der Waals surface area contributed by atoms with E-state index >= 15 is 0 Å². The van der Waals surface area contributed by atoms with Crippen LogP contribution in [0, 0.1) is 12.3 Å². The van der Waals surface area contributed by atoms with Gasteiger partial charge in [0.1, 0.15) is 0 Å². The van der Waals surface area contributed by atoms with Crippen molar-refractivity contribution in [1.29, 1.82) is 0 Å². The van der Waals surface area contributed by atoms with Gasteiger partial charge in [-0.05, 0) is 37.0 Å². The zero-order valence-corrected chi connectivity index (χ0v) is 13.8. The Kier molecular flexibility index (Phi) is 5.27. The summed E-state index contributed by atoms with van der Waals surface area (Å²) in [5, 5.41) is 0. The molecular formula is C16H17F9. The lowest BCUT2D eigenvalue weighted by Crippen LogP contribution is -2.51. The average molecular weight is 380 g/mol. The van der Waals surface area contributed by atoms with Gasteiger partial charge in [-0.2, -0.15) is 39.5 Å². The van der Waals surface area contributed by atoms with Gasteiger partial charge in [0.2, 0.25) is 0 Å². The molecule has 1 aromatic rings. The van der Waals surface area contributed by atoms with E-state index in [9.17, 15) is 39.5 Å². The molecule has 0 aliphatic heterocycles. The van der Waals surface area contributed by atoms with E-state index in [0.29, 0.717) is 12.1 Å². The smallest absolute Gasteiger partial charge is 0.171 e. The van der Waals surface area contributed by atoms with Crippen LogP contribution in [0.2, 0.25) is 0 Å². The van der Waals surface area contributed by atoms with Crippen molar-refractivity contribution in [2.45, 2.75) is 58.1 Å². The predicted octanol–water partition coefficient (Wildman–Crippen LogP) is 6.51. The third-order valence-corrected chi connectivity index (χ3v) is 4.46. The highest BCUT2D eigenvalue weighted by Gasteiger charge is 2.68. The molecule has 0 radical (unpaired) electrons. The van der Waals surface area contributed by atoms with Crippen molar-refractivity contribution >= 4 is 0 Å². The third-order valence-electron chi connectivity index (χ3n) is 4.46. The van der Waals surface area contributed by atoms with Crippen LogP contribution in [0.15, 0.2) is 18.2 Å². The molecule has 0 aliphatic carbocycles. The lowest BCUT2D eigenvalue weighted by atomic mass is 9.77. The fourth-order valence-corrected chi connectivity index (χ4v) is 2.24. The van der Waals surface area contributed by atoms with Crippen molar-refractivity contribution in [1.82, 2.24) is 0 Å². The van der Waals surface area contributed by atoms with E-state index in [4.69, 9.17) is 0 Å². The van der Waals surface area contributed by atoms with Gasteiger partial charge in [-0.3, -0.25) is 0 Å². The average Bonchev–Trinajstić information content (AvgIpc) is 2.36. The van der Waals surface area contributed by atoms with Crippen LogP contribution in [0.3, 0.4) is 0 Å². The first kappa shape index (κ1) is 21.6. The number of benzene rings is 1. The molecule has 0 atom stereocenters. The Morgan fingerprint density at radius 1 is 0.720 bits per heavy atom. The molecule has 0 aliphatic rings. The standard InChI is InChI=1S/C16H17F9/c1-9-5-6-11(13(4,15(20,21)22)16(23,24)25)7-10(9)8-12(2,3)14(17,18)19/h5-7H,8H2,1-4H3. The van der Waals surface area contributed by atoms with Crippen LogP contribution < -0.4 is 0 Å². The molecule has 0 N–H and O–H groups in total. The minimum atomic E-state index is -5.66. The lowest BCUT2D eigenvalue weighted by Gasteiger charge is -2.35. The summed E-state index contributed by atoms with van der Waals surface area (Å²) >= 11 is 0. The van der Waals surface area contributed by atoms with Crippen molar-refractivity contribution in [3.05, 3.63) is 34.9 Å². The number of hydrogen-bond acceptors (Lipinski definition) is 0. The van der Waals surface area contributed by atoms with Gasteiger partial charge in [0.05, 0.1) is 5.41 Å². The molecule has 0 amide bonds. The summed E-state index contributed by atoms with van der Waals surface area (Å²) in [4.78, 5) is 0. The molecule has 0 saturated heterocycles. The predicted molar refractivity (Wildman–Crippen MR) is 74.2 cm³/mol. The second-order valence-corrected chi connectivity index (χ2v) is 6.82. The third kappa shape index (κ3) is 3.89. The molecule has 1 rings (SSSR count). The summed E-state index contributed by atoms with van der Waals surface area (Å²) in [5.41, 5.74) is -7.63. The van der Waals surface area contributed by atoms with Gasteiger partial charge in [-0.15, -0.1) is 0 Å². The second-order valence-electron chi connectivity index (χ2n) is 6.82. The van der Waals surface area contributed by atoms with Gasteiger partial charge in [0, 0.05) is 0 Å². The quantitative estimate of drug-likeness (QED) is 0.525. The fraction of sp³-hybridized carbons (Fsp3) is 0.625. The van der Waals surface area contributed by atoms with Gasteiger partial charge < -0.3 is 0 Å². The van der Waals surface area contributed by atoms with Gasteiger partial charge in [0.25, 0.3) is 0 Å². The molecule has 25 heavy (non-hydrogen) atoms. The first-order valence-corrected chi connectivity index (χ1v) is 7.15. The van der Waals surface area contributed by atoms with E-state index < -0.39 is 41.3 Å². The Morgan fingerprint density at radius 2 is 1.16 bits per heavy atom. The summed E-state index contributed by atoms with van der Waals surface area (Å²) in [5.74, 6) is 0. The number of aryl methyl sites for hydroxylation is 1. The summed E-state index contributed by atoms with van der Waals surface area (Å²) in [6.07, 6.45) is -16.7. The highest BCUT2D eigenvalue weighted by molar-refractivity contribution is 5.38. The van der Waals surface area contributed by atoms with Crippen molar-refractivity contribution in [3.8, 4) is 0 Å². The fourth-order valence-electron chi connectivity index (χ4n) is 2.24. The number of alkyl halides is 9. The second kappa shape index (κ2) is 6.09. The first-order chi connectivity index (χ1) is 10.8. The van der Waals surface area contributed by atoms with E-state index in [0.717, 1.165) is 19.9 Å². The molecule has 0 aromatic heterocycles. The molecule has 0 nitrogen and oxygen atoms in total. The Morgan fingerprint density at radius 3 is 1.52 bits per heavy atom. The summed E-state index contributed by atoms with van der Waals surface area (Å²) in [7, 11) is 0. The maximum absolute atomic E-state index is 13.1. The first-order valence-electron chi connectivity index (χ1n) is 7.15. The van der Waals surface area contributed by atoms with Crippen LogP contribution in [0.4, 0.5) is 39.5 Å². The van der Waals surface area contributed by atoms with E-state index in [1.54, 1.807) is 0 Å². The highest BCUT2D eigenvalue weighted by atomic mass is 19.4. The number of halogens is 9. The van der Waals surface area contributed by atoms with E-state index in [1.165, 1.54) is 6.92 Å². The van der Waals surface area contributed by atoms with Crippen LogP contribution >= 0.6 is 0 Å². The van der Waals surface area contributed by atoms with Gasteiger partial charge in [-0.1, -0.05) is 32.0 Å². The van der Waals surface area contributed by atoms with E-state index in [2.05, 4.69) is 0 Å². The summed E-state index contributed by atoms with van der Waals surface area (Å²) < 4.78 is 118. The number of rotatable bonds is 3. The largest absolute Gasteiger partial charge is 0.406 e. The maximum atomic E-state index is 13.1. The molecule has 9 heteroatoms. The zero-order valence-electron chi connectivity index (χ0n) is 13.8. The molecule has 0 heterocycles. The maximum Gasteiger partial charge on any atom is 0.406 e. The van der Waals surface area contributed by atoms with Crippen molar-refractivity contribution in [2.24, 2.45) is 5.41 Å². The van der Waals surface area contributed by atoms with Crippen LogP contribution in [-0.2, 0) is 11.8 Å². The van der Waals surface area contributed by atoms with E-state index in [-0.39, 0.29) is 18.1 Å². The molecular weight excluding hydrogens is 363 g/mol. The summed E-state index contributed by atoms with van der Waals surface area (Å²) in [6, 6.07) is 2.21. The normalized spacial score (nSPS) is 14.8. The molecule has 0 fully saturated rings. The Balaban J connectivity index is 3.52. The van der Waals surface area contributed by atoms with Crippen molar-refractivity contribution in [2.75, 3.05) is 0 Å².